The minimum absolute atomic E-state index is 0.0894. The lowest BCUT2D eigenvalue weighted by Crippen LogP contribution is -2.20. The first-order valence-corrected chi connectivity index (χ1v) is 5.02. The van der Waals surface area contributed by atoms with Crippen LogP contribution >= 0.6 is 0 Å². The summed E-state index contributed by atoms with van der Waals surface area (Å²) in [5.41, 5.74) is -0.899. The minimum Gasteiger partial charge on any atom is -0.461 e. The van der Waals surface area contributed by atoms with E-state index in [1.807, 2.05) is 6.92 Å². The van der Waals surface area contributed by atoms with Gasteiger partial charge in [0.05, 0.1) is 11.7 Å². The lowest BCUT2D eigenvalue weighted by atomic mass is 10.3. The van der Waals surface area contributed by atoms with Crippen LogP contribution in [-0.4, -0.2) is 29.8 Å². The van der Waals surface area contributed by atoms with Crippen molar-refractivity contribution >= 4 is 0 Å². The summed E-state index contributed by atoms with van der Waals surface area (Å²) in [6.07, 6.45) is -2.44. The van der Waals surface area contributed by atoms with E-state index in [2.05, 4.69) is 9.97 Å². The predicted molar refractivity (Wildman–Crippen MR) is 53.6 cm³/mol. The Morgan fingerprint density at radius 1 is 1.29 bits per heavy atom. The molecule has 17 heavy (non-hydrogen) atoms. The summed E-state index contributed by atoms with van der Waals surface area (Å²) in [7, 11) is 1.53. The van der Waals surface area contributed by atoms with Gasteiger partial charge in [-0.2, -0.15) is 13.2 Å². The monoisotopic (exact) mass is 250 g/mol. The van der Waals surface area contributed by atoms with E-state index >= 15 is 0 Å². The molecule has 0 aliphatic carbocycles. The number of hydrogen-bond acceptors (Lipinski definition) is 4. The SMILES string of the molecule is CCC(COc1ncc(C(F)(F)F)cn1)OC. The highest BCUT2D eigenvalue weighted by Crippen LogP contribution is 2.28. The van der Waals surface area contributed by atoms with Crippen molar-refractivity contribution in [2.45, 2.75) is 25.6 Å². The molecule has 0 amide bonds. The van der Waals surface area contributed by atoms with Gasteiger partial charge in [-0.25, -0.2) is 9.97 Å². The maximum Gasteiger partial charge on any atom is 0.419 e. The maximum absolute atomic E-state index is 12.2. The van der Waals surface area contributed by atoms with Gasteiger partial charge in [0.25, 0.3) is 0 Å². The summed E-state index contributed by atoms with van der Waals surface area (Å²) in [4.78, 5) is 6.95. The zero-order valence-electron chi connectivity index (χ0n) is 9.49. The zero-order valence-corrected chi connectivity index (χ0v) is 9.49. The Morgan fingerprint density at radius 2 is 1.88 bits per heavy atom. The fourth-order valence-electron chi connectivity index (χ4n) is 1.06. The van der Waals surface area contributed by atoms with Crippen molar-refractivity contribution in [2.75, 3.05) is 13.7 Å². The molecule has 0 spiro atoms. The van der Waals surface area contributed by atoms with Gasteiger partial charge in [-0.1, -0.05) is 6.92 Å². The van der Waals surface area contributed by atoms with Crippen molar-refractivity contribution in [3.8, 4) is 6.01 Å². The van der Waals surface area contributed by atoms with Crippen LogP contribution in [0.1, 0.15) is 18.9 Å². The van der Waals surface area contributed by atoms with E-state index in [0.29, 0.717) is 12.4 Å². The van der Waals surface area contributed by atoms with Gasteiger partial charge in [0.2, 0.25) is 0 Å². The predicted octanol–water partition coefficient (Wildman–Crippen LogP) is 2.30. The summed E-state index contributed by atoms with van der Waals surface area (Å²) in [6, 6.07) is -0.0894. The Morgan fingerprint density at radius 3 is 2.29 bits per heavy atom. The minimum atomic E-state index is -4.43. The first-order chi connectivity index (χ1) is 7.97. The summed E-state index contributed by atoms with van der Waals surface area (Å²) < 4.78 is 46.7. The van der Waals surface area contributed by atoms with Crippen LogP contribution in [-0.2, 0) is 10.9 Å². The first kappa shape index (κ1) is 13.7. The molecule has 1 heterocycles. The molecule has 1 aromatic rings. The molecule has 1 unspecified atom stereocenters. The van der Waals surface area contributed by atoms with Gasteiger partial charge in [-0.15, -0.1) is 0 Å². The highest BCUT2D eigenvalue weighted by molar-refractivity contribution is 5.10. The van der Waals surface area contributed by atoms with Crippen molar-refractivity contribution in [1.82, 2.24) is 9.97 Å². The number of halogens is 3. The van der Waals surface area contributed by atoms with E-state index in [9.17, 15) is 13.2 Å². The molecule has 0 aromatic carbocycles. The van der Waals surface area contributed by atoms with Crippen molar-refractivity contribution in [3.63, 3.8) is 0 Å². The van der Waals surface area contributed by atoms with Crippen molar-refractivity contribution in [3.05, 3.63) is 18.0 Å². The number of alkyl halides is 3. The molecule has 0 bridgehead atoms. The van der Waals surface area contributed by atoms with E-state index < -0.39 is 11.7 Å². The van der Waals surface area contributed by atoms with Gasteiger partial charge in [-0.05, 0) is 6.42 Å². The normalized spacial score (nSPS) is 13.5. The molecular formula is C10H13F3N2O2. The lowest BCUT2D eigenvalue weighted by molar-refractivity contribution is -0.138. The number of ether oxygens (including phenoxy) is 2. The largest absolute Gasteiger partial charge is 0.461 e. The Hall–Kier alpha value is -1.37. The molecular weight excluding hydrogens is 237 g/mol. The Balaban J connectivity index is 2.57. The number of rotatable bonds is 5. The van der Waals surface area contributed by atoms with E-state index in [4.69, 9.17) is 9.47 Å². The maximum atomic E-state index is 12.2. The average molecular weight is 250 g/mol. The second-order valence-corrected chi connectivity index (χ2v) is 3.33. The van der Waals surface area contributed by atoms with Gasteiger partial charge in [-0.3, -0.25) is 0 Å². The molecule has 1 rings (SSSR count). The van der Waals surface area contributed by atoms with Crippen LogP contribution in [0.2, 0.25) is 0 Å². The molecule has 0 fully saturated rings. The van der Waals surface area contributed by atoms with E-state index in [-0.39, 0.29) is 18.7 Å². The summed E-state index contributed by atoms with van der Waals surface area (Å²) >= 11 is 0. The van der Waals surface area contributed by atoms with Crippen LogP contribution in [0.5, 0.6) is 6.01 Å². The van der Waals surface area contributed by atoms with Crippen molar-refractivity contribution in [1.29, 1.82) is 0 Å². The van der Waals surface area contributed by atoms with E-state index in [0.717, 1.165) is 6.42 Å². The molecule has 0 aliphatic rings. The van der Waals surface area contributed by atoms with Gasteiger partial charge < -0.3 is 9.47 Å². The molecule has 4 nitrogen and oxygen atoms in total. The molecule has 0 saturated heterocycles. The fraction of sp³-hybridized carbons (Fsp3) is 0.600. The Bertz CT molecular complexity index is 336. The van der Waals surface area contributed by atoms with Gasteiger partial charge in [0.1, 0.15) is 6.61 Å². The topological polar surface area (TPSA) is 44.2 Å². The molecule has 0 N–H and O–H groups in total. The second-order valence-electron chi connectivity index (χ2n) is 3.33. The van der Waals surface area contributed by atoms with Crippen LogP contribution in [0.15, 0.2) is 12.4 Å². The smallest absolute Gasteiger partial charge is 0.419 e. The summed E-state index contributed by atoms with van der Waals surface area (Å²) in [5, 5.41) is 0. The quantitative estimate of drug-likeness (QED) is 0.804. The molecule has 0 saturated carbocycles. The van der Waals surface area contributed by atoms with Gasteiger partial charge >= 0.3 is 12.2 Å². The number of hydrogen-bond donors (Lipinski definition) is 0. The molecule has 1 aromatic heterocycles. The highest BCUT2D eigenvalue weighted by atomic mass is 19.4. The highest BCUT2D eigenvalue weighted by Gasteiger charge is 2.31. The zero-order chi connectivity index (χ0) is 12.9. The number of methoxy groups -OCH3 is 1. The van der Waals surface area contributed by atoms with Gasteiger partial charge in [0, 0.05) is 19.5 Å². The third-order valence-corrected chi connectivity index (χ3v) is 2.14. The first-order valence-electron chi connectivity index (χ1n) is 5.02. The Labute approximate surface area is 96.8 Å². The Kier molecular flexibility index (Phi) is 4.68. The summed E-state index contributed by atoms with van der Waals surface area (Å²) in [6.45, 7) is 2.11. The lowest BCUT2D eigenvalue weighted by Gasteiger charge is -2.13. The van der Waals surface area contributed by atoms with Crippen LogP contribution in [0, 0.1) is 0 Å². The molecule has 1 atom stereocenters. The fourth-order valence-corrected chi connectivity index (χ4v) is 1.06. The molecule has 0 radical (unpaired) electrons. The van der Waals surface area contributed by atoms with Gasteiger partial charge in [0.15, 0.2) is 0 Å². The standard InChI is InChI=1S/C10H13F3N2O2/c1-3-8(16-2)6-17-9-14-4-7(5-15-9)10(11,12)13/h4-5,8H,3,6H2,1-2H3. The average Bonchev–Trinajstić information content (AvgIpc) is 2.30. The third-order valence-electron chi connectivity index (χ3n) is 2.14. The van der Waals surface area contributed by atoms with Crippen LogP contribution in [0.3, 0.4) is 0 Å². The van der Waals surface area contributed by atoms with Crippen LogP contribution in [0.4, 0.5) is 13.2 Å². The van der Waals surface area contributed by atoms with E-state index in [1.165, 1.54) is 7.11 Å². The molecule has 0 aliphatic heterocycles. The number of nitrogens with zero attached hydrogens (tertiary/aromatic N) is 2. The third kappa shape index (κ3) is 4.18. The number of aromatic nitrogens is 2. The second kappa shape index (κ2) is 5.81. The van der Waals surface area contributed by atoms with Crippen LogP contribution in [0.25, 0.3) is 0 Å². The molecule has 96 valence electrons. The van der Waals surface area contributed by atoms with Crippen molar-refractivity contribution < 1.29 is 22.6 Å². The van der Waals surface area contributed by atoms with E-state index in [1.54, 1.807) is 0 Å². The molecule has 7 heteroatoms. The van der Waals surface area contributed by atoms with Crippen LogP contribution < -0.4 is 4.74 Å². The van der Waals surface area contributed by atoms with Crippen molar-refractivity contribution in [2.24, 2.45) is 0 Å². The summed E-state index contributed by atoms with van der Waals surface area (Å²) in [5.74, 6) is 0.